The van der Waals surface area contributed by atoms with E-state index in [2.05, 4.69) is 17.0 Å². The highest BCUT2D eigenvalue weighted by Crippen LogP contribution is 2.38. The van der Waals surface area contributed by atoms with Gasteiger partial charge in [-0.25, -0.2) is 8.42 Å². The Kier molecular flexibility index (Phi) is 7.00. The highest BCUT2D eigenvalue weighted by molar-refractivity contribution is 7.88. The van der Waals surface area contributed by atoms with Gasteiger partial charge in [0.25, 0.3) is 0 Å². The average molecular weight is 530 g/mol. The summed E-state index contributed by atoms with van der Waals surface area (Å²) < 4.78 is 34.8. The van der Waals surface area contributed by atoms with Crippen LogP contribution in [0.15, 0.2) is 59.8 Å². The maximum atomic E-state index is 13.5. The van der Waals surface area contributed by atoms with Crippen LogP contribution in [-0.4, -0.2) is 60.3 Å². The molecule has 9 nitrogen and oxygen atoms in total. The van der Waals surface area contributed by atoms with Crippen molar-refractivity contribution in [1.82, 2.24) is 19.1 Å². The summed E-state index contributed by atoms with van der Waals surface area (Å²) in [6.07, 6.45) is 5.88. The van der Waals surface area contributed by atoms with Crippen LogP contribution in [0.3, 0.4) is 0 Å². The Morgan fingerprint density at radius 1 is 1.11 bits per heavy atom. The van der Waals surface area contributed by atoms with Crippen molar-refractivity contribution in [2.75, 3.05) is 37.7 Å². The Bertz CT molecular complexity index is 1390. The van der Waals surface area contributed by atoms with Gasteiger partial charge in [-0.3, -0.25) is 9.78 Å². The van der Waals surface area contributed by atoms with Gasteiger partial charge in [0.15, 0.2) is 0 Å². The smallest absolute Gasteiger partial charge is 0.316 e. The fourth-order valence-corrected chi connectivity index (χ4v) is 6.07. The molecular formula is C25H28ClN5O4S. The zero-order valence-corrected chi connectivity index (χ0v) is 21.5. The third-order valence-corrected chi connectivity index (χ3v) is 8.82. The summed E-state index contributed by atoms with van der Waals surface area (Å²) in [6, 6.07) is 10.4. The molecule has 0 spiro atoms. The Hall–Kier alpha value is -2.95. The van der Waals surface area contributed by atoms with E-state index in [1.165, 1.54) is 8.99 Å². The van der Waals surface area contributed by atoms with Gasteiger partial charge in [-0.2, -0.15) is 14.1 Å². The lowest BCUT2D eigenvalue weighted by molar-refractivity contribution is 0.286. The van der Waals surface area contributed by atoms with Gasteiger partial charge >= 0.3 is 5.56 Å². The molecular weight excluding hydrogens is 502 g/mol. The van der Waals surface area contributed by atoms with Crippen molar-refractivity contribution in [2.45, 2.75) is 19.1 Å². The van der Waals surface area contributed by atoms with Gasteiger partial charge in [0.2, 0.25) is 15.8 Å². The van der Waals surface area contributed by atoms with E-state index in [1.807, 2.05) is 4.90 Å². The first kappa shape index (κ1) is 24.7. The molecule has 3 aromatic rings. The van der Waals surface area contributed by atoms with Crippen LogP contribution in [0.1, 0.15) is 18.9 Å². The normalized spacial score (nSPS) is 20.3. The van der Waals surface area contributed by atoms with Crippen LogP contribution in [0, 0.1) is 11.8 Å². The Morgan fingerprint density at radius 2 is 1.89 bits per heavy atom. The molecule has 2 aliphatic rings. The number of nitrogens with zero attached hydrogens (tertiary/aromatic N) is 5. The molecule has 1 aromatic carbocycles. The number of halogens is 1. The van der Waals surface area contributed by atoms with Crippen molar-refractivity contribution in [3.05, 3.63) is 75.9 Å². The topological polar surface area (TPSA) is 97.6 Å². The van der Waals surface area contributed by atoms with Crippen molar-refractivity contribution in [2.24, 2.45) is 11.8 Å². The van der Waals surface area contributed by atoms with Crippen LogP contribution in [0.25, 0.3) is 5.69 Å². The maximum absolute atomic E-state index is 13.5. The van der Waals surface area contributed by atoms with E-state index in [0.717, 1.165) is 6.42 Å². The van der Waals surface area contributed by atoms with E-state index in [9.17, 15) is 13.2 Å². The number of rotatable bonds is 8. The molecule has 2 unspecified atom stereocenters. The lowest BCUT2D eigenvalue weighted by Crippen LogP contribution is -2.49. The highest BCUT2D eigenvalue weighted by atomic mass is 35.5. The summed E-state index contributed by atoms with van der Waals surface area (Å²) in [7, 11) is -3.49. The first-order valence-electron chi connectivity index (χ1n) is 11.9. The maximum Gasteiger partial charge on any atom is 0.316 e. The van der Waals surface area contributed by atoms with Crippen molar-refractivity contribution in [1.29, 1.82) is 0 Å². The highest BCUT2D eigenvalue weighted by Gasteiger charge is 2.34. The van der Waals surface area contributed by atoms with Gasteiger partial charge < -0.3 is 9.64 Å². The van der Waals surface area contributed by atoms with Crippen molar-refractivity contribution >= 4 is 27.3 Å². The lowest BCUT2D eigenvalue weighted by atomic mass is 10.3. The van der Waals surface area contributed by atoms with Gasteiger partial charge in [-0.1, -0.05) is 30.7 Å². The van der Waals surface area contributed by atoms with Crippen molar-refractivity contribution < 1.29 is 13.2 Å². The molecule has 0 radical (unpaired) electrons. The zero-order chi connectivity index (χ0) is 25.3. The molecule has 2 aromatic heterocycles. The van der Waals surface area contributed by atoms with Crippen LogP contribution in [0.4, 0.5) is 5.69 Å². The van der Waals surface area contributed by atoms with E-state index < -0.39 is 10.0 Å². The molecule has 11 heteroatoms. The third-order valence-electron chi connectivity index (χ3n) is 6.73. The standard InChI is InChI=1S/C25H28ClN5O4S/c1-18-12-20(18)16-35-24-23(15-28-31(25(24)32)22-6-2-5-21(26)13-22)29-8-10-30(11-9-29)36(33,34)17-19-4-3-7-27-14-19/h2-7,13-15,18,20H,8-12,16-17H2,1H3. The van der Waals surface area contributed by atoms with Crippen LogP contribution >= 0.6 is 11.6 Å². The number of pyridine rings is 1. The molecule has 0 N–H and O–H groups in total. The van der Waals surface area contributed by atoms with Crippen molar-refractivity contribution in [3.63, 3.8) is 0 Å². The number of hydrogen-bond acceptors (Lipinski definition) is 7. The Balaban J connectivity index is 1.37. The first-order valence-corrected chi connectivity index (χ1v) is 13.9. The minimum absolute atomic E-state index is 0.0913. The molecule has 2 atom stereocenters. The molecule has 3 heterocycles. The largest absolute Gasteiger partial charge is 0.486 e. The summed E-state index contributed by atoms with van der Waals surface area (Å²) in [5, 5.41) is 4.89. The van der Waals surface area contributed by atoms with E-state index in [0.29, 0.717) is 66.6 Å². The molecule has 1 saturated heterocycles. The van der Waals surface area contributed by atoms with Gasteiger partial charge in [0.05, 0.1) is 24.2 Å². The SMILES string of the molecule is CC1CC1COc1c(N2CCN(S(=O)(=O)Cc3cccnc3)CC2)cnn(-c2cccc(Cl)c2)c1=O. The number of hydrogen-bond donors (Lipinski definition) is 0. The minimum Gasteiger partial charge on any atom is -0.486 e. The molecule has 1 aliphatic carbocycles. The summed E-state index contributed by atoms with van der Waals surface area (Å²) in [5.41, 5.74) is 1.42. The van der Waals surface area contributed by atoms with E-state index in [4.69, 9.17) is 16.3 Å². The summed E-state index contributed by atoms with van der Waals surface area (Å²) in [5.74, 6) is 1.15. The first-order chi connectivity index (χ1) is 17.3. The predicted octanol–water partition coefficient (Wildman–Crippen LogP) is 2.97. The van der Waals surface area contributed by atoms with Gasteiger partial charge in [0, 0.05) is 43.6 Å². The monoisotopic (exact) mass is 529 g/mol. The predicted molar refractivity (Wildman–Crippen MR) is 138 cm³/mol. The van der Waals surface area contributed by atoms with Crippen molar-refractivity contribution in [3.8, 4) is 11.4 Å². The number of benzene rings is 1. The average Bonchev–Trinajstić information content (AvgIpc) is 3.58. The number of sulfonamides is 1. The van der Waals surface area contributed by atoms with E-state index in [-0.39, 0.29) is 17.1 Å². The van der Waals surface area contributed by atoms with Gasteiger partial charge in [-0.15, -0.1) is 0 Å². The second kappa shape index (κ2) is 10.2. The Morgan fingerprint density at radius 3 is 2.56 bits per heavy atom. The van der Waals surface area contributed by atoms with Crippen LogP contribution in [0.2, 0.25) is 5.02 Å². The van der Waals surface area contributed by atoms with Crippen LogP contribution < -0.4 is 15.2 Å². The second-order valence-electron chi connectivity index (χ2n) is 9.34. The fraction of sp³-hybridized carbons (Fsp3) is 0.400. The second-order valence-corrected chi connectivity index (χ2v) is 11.7. The van der Waals surface area contributed by atoms with E-state index >= 15 is 0 Å². The number of ether oxygens (including phenoxy) is 1. The number of piperazine rings is 1. The molecule has 1 saturated carbocycles. The fourth-order valence-electron chi connectivity index (χ4n) is 4.40. The van der Waals surface area contributed by atoms with Gasteiger partial charge in [-0.05, 0) is 48.1 Å². The third kappa shape index (κ3) is 5.40. The summed E-state index contributed by atoms with van der Waals surface area (Å²) in [4.78, 5) is 19.5. The molecule has 0 amide bonds. The van der Waals surface area contributed by atoms with E-state index in [1.54, 1.807) is 55.0 Å². The Labute approximate surface area is 215 Å². The minimum atomic E-state index is -3.49. The molecule has 5 rings (SSSR count). The molecule has 0 bridgehead atoms. The molecule has 190 valence electrons. The summed E-state index contributed by atoms with van der Waals surface area (Å²) >= 11 is 6.13. The lowest BCUT2D eigenvalue weighted by Gasteiger charge is -2.35. The van der Waals surface area contributed by atoms with Gasteiger partial charge in [0.1, 0.15) is 5.69 Å². The summed E-state index contributed by atoms with van der Waals surface area (Å²) in [6.45, 7) is 4.08. The zero-order valence-electron chi connectivity index (χ0n) is 20.0. The quantitative estimate of drug-likeness (QED) is 0.442. The van der Waals surface area contributed by atoms with Crippen LogP contribution in [-0.2, 0) is 15.8 Å². The molecule has 1 aliphatic heterocycles. The van der Waals surface area contributed by atoms with Crippen LogP contribution in [0.5, 0.6) is 5.75 Å². The molecule has 36 heavy (non-hydrogen) atoms. The number of aromatic nitrogens is 3. The number of anilines is 1. The molecule has 2 fully saturated rings.